The molecule has 1 aliphatic heterocycles. The van der Waals surface area contributed by atoms with Gasteiger partial charge in [0.1, 0.15) is 0 Å². The second kappa shape index (κ2) is 2.87. The van der Waals surface area contributed by atoms with Gasteiger partial charge in [-0.25, -0.2) is 4.74 Å². The summed E-state index contributed by atoms with van der Waals surface area (Å²) in [5.74, 6) is 0. The van der Waals surface area contributed by atoms with Crippen LogP contribution in [0.5, 0.6) is 0 Å². The number of benzene rings is 1. The zero-order valence-electron chi connectivity index (χ0n) is 7.73. The number of rotatable bonds is 1. The monoisotopic (exact) mass is 175 g/mol. The minimum Gasteiger partial charge on any atom is -0.623 e. The van der Waals surface area contributed by atoms with E-state index in [0.717, 1.165) is 23.1 Å². The molecule has 2 rings (SSSR count). The third-order valence-electron chi connectivity index (χ3n) is 2.81. The Morgan fingerprint density at radius 1 is 1.31 bits per heavy atom. The summed E-state index contributed by atoms with van der Waals surface area (Å²) in [6, 6.07) is 9.97. The molecule has 2 heteroatoms. The number of nitrogens with zero attached hydrogens (tertiary/aromatic N) is 1. The molecule has 0 fully saturated rings. The van der Waals surface area contributed by atoms with Gasteiger partial charge in [0.05, 0.1) is 0 Å². The van der Waals surface area contributed by atoms with Crippen LogP contribution in [0.4, 0.5) is 0 Å². The van der Waals surface area contributed by atoms with Gasteiger partial charge < -0.3 is 5.21 Å². The highest BCUT2D eigenvalue weighted by Crippen LogP contribution is 2.32. The van der Waals surface area contributed by atoms with Crippen molar-refractivity contribution in [3.05, 3.63) is 41.1 Å². The third-order valence-corrected chi connectivity index (χ3v) is 2.81. The molecule has 0 saturated carbocycles. The molecule has 13 heavy (non-hydrogen) atoms. The molecule has 1 heterocycles. The van der Waals surface area contributed by atoms with Crippen molar-refractivity contribution in [2.45, 2.75) is 25.3 Å². The van der Waals surface area contributed by atoms with Gasteiger partial charge in [-0.05, 0) is 0 Å². The fourth-order valence-corrected chi connectivity index (χ4v) is 1.84. The Balaban J connectivity index is 2.41. The lowest BCUT2D eigenvalue weighted by molar-refractivity contribution is -0.541. The van der Waals surface area contributed by atoms with Crippen molar-refractivity contribution < 1.29 is 4.74 Å². The average Bonchev–Trinajstić information content (AvgIpc) is 2.50. The van der Waals surface area contributed by atoms with Gasteiger partial charge in [-0.3, -0.25) is 0 Å². The Hall–Kier alpha value is -1.31. The molecule has 1 unspecified atom stereocenters. The molecule has 0 radical (unpaired) electrons. The normalized spacial score (nSPS) is 27.3. The molecule has 0 N–H and O–H groups in total. The predicted molar refractivity (Wildman–Crippen MR) is 52.7 cm³/mol. The van der Waals surface area contributed by atoms with Crippen molar-refractivity contribution in [1.29, 1.82) is 0 Å². The summed E-state index contributed by atoms with van der Waals surface area (Å²) < 4.78 is 1.09. The van der Waals surface area contributed by atoms with Crippen LogP contribution in [0.25, 0.3) is 0 Å². The molecule has 68 valence electrons. The molecular weight excluding hydrogens is 162 g/mol. The summed E-state index contributed by atoms with van der Waals surface area (Å²) in [5.41, 5.74) is 0.778. The van der Waals surface area contributed by atoms with Crippen LogP contribution in [-0.2, 0) is 5.54 Å². The second-order valence-electron chi connectivity index (χ2n) is 3.69. The van der Waals surface area contributed by atoms with E-state index in [4.69, 9.17) is 0 Å². The van der Waals surface area contributed by atoms with Crippen LogP contribution >= 0.6 is 0 Å². The topological polar surface area (TPSA) is 26.1 Å². The molecule has 0 bridgehead atoms. The molecule has 0 saturated heterocycles. The largest absolute Gasteiger partial charge is 0.623 e. The predicted octanol–water partition coefficient (Wildman–Crippen LogP) is 2.28. The highest BCUT2D eigenvalue weighted by molar-refractivity contribution is 5.54. The summed E-state index contributed by atoms with van der Waals surface area (Å²) in [5, 5.41) is 11.6. The van der Waals surface area contributed by atoms with Crippen LogP contribution in [0.2, 0.25) is 0 Å². The summed E-state index contributed by atoms with van der Waals surface area (Å²) in [7, 11) is 0. The smallest absolute Gasteiger partial charge is 0.195 e. The van der Waals surface area contributed by atoms with E-state index in [-0.39, 0.29) is 5.54 Å². The van der Waals surface area contributed by atoms with E-state index >= 15 is 0 Å². The standard InChI is InChI=1S/C11H13NO/c1-11(8-5-9-12(11)13)10-6-3-2-4-7-10/h2-4,6-7,9H,5,8H2,1H3. The van der Waals surface area contributed by atoms with Crippen LogP contribution in [0.1, 0.15) is 25.3 Å². The lowest BCUT2D eigenvalue weighted by Crippen LogP contribution is -2.28. The van der Waals surface area contributed by atoms with Gasteiger partial charge in [0.15, 0.2) is 11.8 Å². The summed E-state index contributed by atoms with van der Waals surface area (Å²) in [6.45, 7) is 2.00. The van der Waals surface area contributed by atoms with Gasteiger partial charge in [-0.2, -0.15) is 0 Å². The zero-order chi connectivity index (χ0) is 9.31. The highest BCUT2D eigenvalue weighted by Gasteiger charge is 2.38. The van der Waals surface area contributed by atoms with Crippen molar-refractivity contribution in [1.82, 2.24) is 0 Å². The second-order valence-corrected chi connectivity index (χ2v) is 3.69. The van der Waals surface area contributed by atoms with Crippen molar-refractivity contribution in [2.75, 3.05) is 0 Å². The number of hydroxylamine groups is 1. The summed E-state index contributed by atoms with van der Waals surface area (Å²) in [4.78, 5) is 0. The van der Waals surface area contributed by atoms with Gasteiger partial charge in [-0.15, -0.1) is 0 Å². The zero-order valence-corrected chi connectivity index (χ0v) is 7.73. The minimum absolute atomic E-state index is 0.332. The fraction of sp³-hybridized carbons (Fsp3) is 0.364. The van der Waals surface area contributed by atoms with Crippen LogP contribution in [-0.4, -0.2) is 11.0 Å². The van der Waals surface area contributed by atoms with E-state index in [0.29, 0.717) is 0 Å². The molecule has 0 aromatic heterocycles. The first-order valence-electron chi connectivity index (χ1n) is 4.59. The maximum atomic E-state index is 11.6. The molecule has 1 aromatic rings. The van der Waals surface area contributed by atoms with Gasteiger partial charge in [-0.1, -0.05) is 30.3 Å². The molecular formula is C11H13NO. The van der Waals surface area contributed by atoms with Crippen molar-refractivity contribution in [3.63, 3.8) is 0 Å². The van der Waals surface area contributed by atoms with E-state index in [1.165, 1.54) is 0 Å². The summed E-state index contributed by atoms with van der Waals surface area (Å²) >= 11 is 0. The van der Waals surface area contributed by atoms with E-state index in [9.17, 15) is 5.21 Å². The third kappa shape index (κ3) is 1.22. The van der Waals surface area contributed by atoms with Gasteiger partial charge >= 0.3 is 0 Å². The van der Waals surface area contributed by atoms with Gasteiger partial charge in [0.2, 0.25) is 0 Å². The fourth-order valence-electron chi connectivity index (χ4n) is 1.84. The highest BCUT2D eigenvalue weighted by atomic mass is 16.5. The minimum atomic E-state index is -0.332. The Morgan fingerprint density at radius 3 is 2.54 bits per heavy atom. The maximum absolute atomic E-state index is 11.6. The molecule has 2 nitrogen and oxygen atoms in total. The lowest BCUT2D eigenvalue weighted by Gasteiger charge is -2.23. The molecule has 1 atom stereocenters. The van der Waals surface area contributed by atoms with Crippen LogP contribution < -0.4 is 0 Å². The Kier molecular flexibility index (Phi) is 1.83. The number of hydrogen-bond donors (Lipinski definition) is 0. The van der Waals surface area contributed by atoms with Gasteiger partial charge in [0, 0.05) is 25.3 Å². The Bertz CT molecular complexity index is 331. The lowest BCUT2D eigenvalue weighted by atomic mass is 9.90. The van der Waals surface area contributed by atoms with Crippen LogP contribution in [0.3, 0.4) is 0 Å². The van der Waals surface area contributed by atoms with Crippen LogP contribution in [0, 0.1) is 5.21 Å². The first kappa shape index (κ1) is 8.30. The average molecular weight is 175 g/mol. The van der Waals surface area contributed by atoms with Crippen molar-refractivity contribution in [3.8, 4) is 0 Å². The number of hydrogen-bond acceptors (Lipinski definition) is 1. The van der Waals surface area contributed by atoms with E-state index in [1.807, 2.05) is 37.3 Å². The molecule has 0 amide bonds. The van der Waals surface area contributed by atoms with E-state index in [1.54, 1.807) is 6.21 Å². The van der Waals surface area contributed by atoms with E-state index < -0.39 is 0 Å². The molecule has 1 aromatic carbocycles. The first-order valence-corrected chi connectivity index (χ1v) is 4.59. The van der Waals surface area contributed by atoms with Crippen LogP contribution in [0.15, 0.2) is 30.3 Å². The van der Waals surface area contributed by atoms with E-state index in [2.05, 4.69) is 0 Å². The maximum Gasteiger partial charge on any atom is 0.195 e. The Morgan fingerprint density at radius 2 is 2.00 bits per heavy atom. The first-order chi connectivity index (χ1) is 6.23. The SMILES string of the molecule is CC1(c2ccccc2)CCC=[N+]1[O-]. The van der Waals surface area contributed by atoms with Crippen molar-refractivity contribution in [2.24, 2.45) is 0 Å². The molecule has 0 spiro atoms. The molecule has 1 aliphatic rings. The molecule has 0 aliphatic carbocycles. The van der Waals surface area contributed by atoms with Crippen molar-refractivity contribution >= 4 is 6.21 Å². The summed E-state index contributed by atoms with van der Waals surface area (Å²) in [6.07, 6.45) is 3.53. The van der Waals surface area contributed by atoms with Gasteiger partial charge in [0.25, 0.3) is 0 Å². The Labute approximate surface area is 78.1 Å². The quantitative estimate of drug-likeness (QED) is 0.475.